The van der Waals surface area contributed by atoms with Crippen LogP contribution in [0.25, 0.3) is 0 Å². The molecular weight excluding hydrogens is 408 g/mol. The Bertz CT molecular complexity index is 1200. The van der Waals surface area contributed by atoms with E-state index in [1.54, 1.807) is 12.3 Å². The zero-order valence-electron chi connectivity index (χ0n) is 17.6. The molecule has 9 heteroatoms. The van der Waals surface area contributed by atoms with E-state index in [2.05, 4.69) is 37.4 Å². The lowest BCUT2D eigenvalue weighted by Gasteiger charge is -2.12. The summed E-state index contributed by atoms with van der Waals surface area (Å²) in [5.41, 5.74) is 9.45. The topological polar surface area (TPSA) is 135 Å². The molecule has 32 heavy (non-hydrogen) atoms. The van der Waals surface area contributed by atoms with Crippen molar-refractivity contribution in [2.75, 3.05) is 17.6 Å². The molecule has 0 spiro atoms. The number of nitrogens with zero attached hydrogens (tertiary/aromatic N) is 3. The van der Waals surface area contributed by atoms with Crippen molar-refractivity contribution in [2.24, 2.45) is 0 Å². The van der Waals surface area contributed by atoms with Crippen LogP contribution in [0.15, 0.2) is 55.0 Å². The molecule has 1 amide bonds. The van der Waals surface area contributed by atoms with E-state index < -0.39 is 6.09 Å². The van der Waals surface area contributed by atoms with Gasteiger partial charge in [0, 0.05) is 17.9 Å². The molecule has 0 aliphatic heterocycles. The third-order valence-corrected chi connectivity index (χ3v) is 4.20. The van der Waals surface area contributed by atoms with E-state index in [4.69, 9.17) is 15.6 Å². The number of amides is 1. The fourth-order valence-electron chi connectivity index (χ4n) is 2.59. The van der Waals surface area contributed by atoms with E-state index >= 15 is 0 Å². The molecule has 2 aromatic heterocycles. The molecular formula is C23H22N6O3. The molecule has 0 fully saturated rings. The third-order valence-electron chi connectivity index (χ3n) is 4.20. The van der Waals surface area contributed by atoms with Crippen LogP contribution in [0.5, 0.6) is 11.5 Å². The molecule has 5 N–H and O–H groups in total. The van der Waals surface area contributed by atoms with Crippen molar-refractivity contribution < 1.29 is 14.6 Å². The summed E-state index contributed by atoms with van der Waals surface area (Å²) in [6.07, 6.45) is 5.06. The Morgan fingerprint density at radius 1 is 1.22 bits per heavy atom. The predicted octanol–water partition coefficient (Wildman–Crippen LogP) is 3.78. The van der Waals surface area contributed by atoms with E-state index in [9.17, 15) is 4.79 Å². The second kappa shape index (κ2) is 10.4. The number of hydrogen-bond acceptors (Lipinski definition) is 7. The number of aromatic nitrogens is 3. The minimum Gasteiger partial charge on any atom is -0.465 e. The van der Waals surface area contributed by atoms with Crippen LogP contribution in [-0.4, -0.2) is 32.7 Å². The molecule has 0 bridgehead atoms. The van der Waals surface area contributed by atoms with E-state index in [1.165, 1.54) is 12.4 Å². The lowest BCUT2D eigenvalue weighted by Crippen LogP contribution is -2.20. The molecule has 0 saturated carbocycles. The average molecular weight is 430 g/mol. The molecule has 1 aromatic carbocycles. The molecule has 0 atom stereocenters. The number of hydrogen-bond donors (Lipinski definition) is 4. The highest BCUT2D eigenvalue weighted by Crippen LogP contribution is 2.29. The Balaban J connectivity index is 1.69. The normalized spacial score (nSPS) is 10.3. The van der Waals surface area contributed by atoms with E-state index in [-0.39, 0.29) is 6.54 Å². The van der Waals surface area contributed by atoms with E-state index in [1.807, 2.05) is 44.2 Å². The number of carboxylic acid groups (broad SMARTS) is 1. The van der Waals surface area contributed by atoms with Crippen molar-refractivity contribution in [2.45, 2.75) is 13.8 Å². The number of rotatable bonds is 6. The van der Waals surface area contributed by atoms with Crippen LogP contribution >= 0.6 is 0 Å². The van der Waals surface area contributed by atoms with Crippen molar-refractivity contribution in [3.63, 3.8) is 0 Å². The number of anilines is 3. The lowest BCUT2D eigenvalue weighted by molar-refractivity contribution is 0.195. The summed E-state index contributed by atoms with van der Waals surface area (Å²) in [5, 5.41) is 13.9. The molecule has 0 saturated heterocycles. The molecule has 0 unspecified atom stereocenters. The minimum absolute atomic E-state index is 0.162. The summed E-state index contributed by atoms with van der Waals surface area (Å²) < 4.78 is 5.90. The quantitative estimate of drug-likeness (QED) is 0.434. The number of aryl methyl sites for hydroxylation is 2. The van der Waals surface area contributed by atoms with Crippen LogP contribution < -0.4 is 21.1 Å². The van der Waals surface area contributed by atoms with Crippen molar-refractivity contribution in [3.8, 4) is 23.3 Å². The van der Waals surface area contributed by atoms with Gasteiger partial charge in [-0.3, -0.25) is 4.98 Å². The Morgan fingerprint density at radius 2 is 2.06 bits per heavy atom. The van der Waals surface area contributed by atoms with Crippen LogP contribution in [0.2, 0.25) is 0 Å². The smallest absolute Gasteiger partial charge is 0.404 e. The molecule has 2 heterocycles. The third kappa shape index (κ3) is 6.21. The van der Waals surface area contributed by atoms with Crippen molar-refractivity contribution in [3.05, 3.63) is 72.0 Å². The first-order valence-corrected chi connectivity index (χ1v) is 9.64. The van der Waals surface area contributed by atoms with Crippen LogP contribution in [-0.2, 0) is 0 Å². The van der Waals surface area contributed by atoms with Gasteiger partial charge in [-0.05, 0) is 61.7 Å². The highest BCUT2D eigenvalue weighted by molar-refractivity contribution is 5.73. The van der Waals surface area contributed by atoms with Crippen molar-refractivity contribution in [1.29, 1.82) is 0 Å². The second-order valence-electron chi connectivity index (χ2n) is 6.68. The highest BCUT2D eigenvalue weighted by atomic mass is 16.5. The number of benzene rings is 1. The summed E-state index contributed by atoms with van der Waals surface area (Å²) in [6.45, 7) is 4.02. The first-order valence-electron chi connectivity index (χ1n) is 9.64. The number of nitrogens with one attached hydrogen (secondary N) is 2. The molecule has 3 rings (SSSR count). The Labute approximate surface area is 185 Å². The number of nitrogens with two attached hydrogens (primary N) is 1. The Hall–Kier alpha value is -4.58. The maximum atomic E-state index is 10.4. The summed E-state index contributed by atoms with van der Waals surface area (Å²) in [6, 6.07) is 9.39. The molecule has 0 aliphatic carbocycles. The fourth-order valence-corrected chi connectivity index (χ4v) is 2.59. The van der Waals surface area contributed by atoms with Crippen LogP contribution in [0, 0.1) is 25.7 Å². The van der Waals surface area contributed by atoms with Crippen LogP contribution in [0.4, 0.5) is 22.0 Å². The Morgan fingerprint density at radius 3 is 2.78 bits per heavy atom. The van der Waals surface area contributed by atoms with Gasteiger partial charge in [0.25, 0.3) is 0 Å². The maximum absolute atomic E-state index is 10.4. The second-order valence-corrected chi connectivity index (χ2v) is 6.68. The van der Waals surface area contributed by atoms with Gasteiger partial charge in [-0.15, -0.1) is 0 Å². The number of allylic oxidation sites excluding steroid dienone is 1. The van der Waals surface area contributed by atoms with Gasteiger partial charge >= 0.3 is 6.09 Å². The highest BCUT2D eigenvalue weighted by Gasteiger charge is 2.08. The Kier molecular flexibility index (Phi) is 7.22. The van der Waals surface area contributed by atoms with E-state index in [0.717, 1.165) is 16.9 Å². The number of pyridine rings is 1. The van der Waals surface area contributed by atoms with Gasteiger partial charge in [0.05, 0.1) is 6.20 Å². The summed E-state index contributed by atoms with van der Waals surface area (Å²) >= 11 is 0. The van der Waals surface area contributed by atoms with Crippen LogP contribution in [0.1, 0.15) is 17.0 Å². The standard InChI is InChI=1S/C23H22N6O3/c1-15-12-17(8-10-20(15)32-18-9-7-16(2)26-13-18)29-22-21(24)19(27-14-28-22)6-4-3-5-11-25-23(30)31/h3,5,7-10,12-14,25H,11,24H2,1-2H3,(H,30,31)(H,27,28,29). The van der Waals surface area contributed by atoms with Crippen LogP contribution in [0.3, 0.4) is 0 Å². The lowest BCUT2D eigenvalue weighted by atomic mass is 10.2. The van der Waals surface area contributed by atoms with Gasteiger partial charge in [0.15, 0.2) is 5.82 Å². The number of nitrogen functional groups attached to an aromatic ring is 1. The SMILES string of the molecule is Cc1ccc(Oc2ccc(Nc3ncnc(C#CC=CCNC(=O)O)c3N)cc2C)cn1. The van der Waals surface area contributed by atoms with Gasteiger partial charge < -0.3 is 26.2 Å². The fraction of sp³-hybridized carbons (Fsp3) is 0.130. The number of ether oxygens (including phenoxy) is 1. The monoisotopic (exact) mass is 430 g/mol. The first kappa shape index (κ1) is 22.1. The van der Waals surface area contributed by atoms with Gasteiger partial charge in [-0.1, -0.05) is 12.0 Å². The summed E-state index contributed by atoms with van der Waals surface area (Å²) in [4.78, 5) is 22.9. The number of carbonyl (C=O) groups is 1. The van der Waals surface area contributed by atoms with Gasteiger partial charge in [0.2, 0.25) is 0 Å². The largest absolute Gasteiger partial charge is 0.465 e. The van der Waals surface area contributed by atoms with Gasteiger partial charge in [-0.25, -0.2) is 14.8 Å². The predicted molar refractivity (Wildman–Crippen MR) is 122 cm³/mol. The molecule has 0 radical (unpaired) electrons. The van der Waals surface area contributed by atoms with Gasteiger partial charge in [-0.2, -0.15) is 0 Å². The minimum atomic E-state index is -1.10. The van der Waals surface area contributed by atoms with E-state index in [0.29, 0.717) is 28.7 Å². The summed E-state index contributed by atoms with van der Waals surface area (Å²) in [5.74, 6) is 7.40. The maximum Gasteiger partial charge on any atom is 0.404 e. The molecule has 0 aliphatic rings. The van der Waals surface area contributed by atoms with Crippen molar-refractivity contribution in [1.82, 2.24) is 20.3 Å². The molecule has 162 valence electrons. The van der Waals surface area contributed by atoms with Crippen molar-refractivity contribution >= 4 is 23.3 Å². The summed E-state index contributed by atoms with van der Waals surface area (Å²) in [7, 11) is 0. The van der Waals surface area contributed by atoms with Gasteiger partial charge in [0.1, 0.15) is 29.2 Å². The zero-order chi connectivity index (χ0) is 22.9. The molecule has 9 nitrogen and oxygen atoms in total. The first-order chi connectivity index (χ1) is 15.4. The average Bonchev–Trinajstić information content (AvgIpc) is 2.76. The molecule has 3 aromatic rings. The zero-order valence-corrected chi connectivity index (χ0v) is 17.6.